The fraction of sp³-hybridized carbons (Fsp3) is 0.571. The highest BCUT2D eigenvalue weighted by molar-refractivity contribution is 7.86. The van der Waals surface area contributed by atoms with E-state index in [4.69, 9.17) is 16.3 Å². The predicted molar refractivity (Wildman–Crippen MR) is 83.4 cm³/mol. The van der Waals surface area contributed by atoms with Gasteiger partial charge in [-0.25, -0.2) is 0 Å². The van der Waals surface area contributed by atoms with Crippen molar-refractivity contribution in [3.8, 4) is 0 Å². The van der Waals surface area contributed by atoms with E-state index in [0.717, 1.165) is 5.56 Å². The first-order valence-corrected chi connectivity index (χ1v) is 8.68. The number of benzene rings is 1. The molecule has 2 atom stereocenters. The van der Waals surface area contributed by atoms with Gasteiger partial charge in [0.05, 0.1) is 12.2 Å². The van der Waals surface area contributed by atoms with Gasteiger partial charge in [0.1, 0.15) is 0 Å². The molecular weight excluding hydrogens is 312 g/mol. The van der Waals surface area contributed by atoms with Crippen molar-refractivity contribution in [1.82, 2.24) is 8.61 Å². The molecule has 2 unspecified atom stereocenters. The Labute approximate surface area is 131 Å². The Morgan fingerprint density at radius 2 is 1.76 bits per heavy atom. The van der Waals surface area contributed by atoms with Crippen LogP contribution < -0.4 is 0 Å². The number of halogens is 1. The molecule has 0 aliphatic carbocycles. The first kappa shape index (κ1) is 16.7. The van der Waals surface area contributed by atoms with E-state index in [9.17, 15) is 8.42 Å². The summed E-state index contributed by atoms with van der Waals surface area (Å²) in [6, 6.07) is 7.18. The second-order valence-corrected chi connectivity index (χ2v) is 7.94. The predicted octanol–water partition coefficient (Wildman–Crippen LogP) is 2.13. The van der Waals surface area contributed by atoms with Crippen LogP contribution in [0.1, 0.15) is 19.4 Å². The number of nitrogens with zero attached hydrogens (tertiary/aromatic N) is 2. The summed E-state index contributed by atoms with van der Waals surface area (Å²) in [6.45, 7) is 4.86. The maximum atomic E-state index is 12.6. The van der Waals surface area contributed by atoms with Crippen LogP contribution in [0.3, 0.4) is 0 Å². The van der Waals surface area contributed by atoms with Crippen LogP contribution in [-0.4, -0.2) is 49.4 Å². The maximum absolute atomic E-state index is 12.6. The summed E-state index contributed by atoms with van der Waals surface area (Å²) >= 11 is 5.84. The summed E-state index contributed by atoms with van der Waals surface area (Å²) < 4.78 is 33.7. The Balaban J connectivity index is 2.09. The molecule has 1 aliphatic heterocycles. The van der Waals surface area contributed by atoms with Crippen molar-refractivity contribution in [2.75, 3.05) is 20.1 Å². The number of hydrogen-bond acceptors (Lipinski definition) is 3. The minimum Gasteiger partial charge on any atom is -0.373 e. The van der Waals surface area contributed by atoms with Gasteiger partial charge in [0.15, 0.2) is 0 Å². The zero-order valence-corrected chi connectivity index (χ0v) is 14.1. The maximum Gasteiger partial charge on any atom is 0.282 e. The van der Waals surface area contributed by atoms with Crippen molar-refractivity contribution in [1.29, 1.82) is 0 Å². The van der Waals surface area contributed by atoms with Crippen LogP contribution in [-0.2, 0) is 21.5 Å². The van der Waals surface area contributed by atoms with Crippen LogP contribution in [0.5, 0.6) is 0 Å². The van der Waals surface area contributed by atoms with E-state index in [0.29, 0.717) is 24.7 Å². The van der Waals surface area contributed by atoms with Gasteiger partial charge < -0.3 is 4.74 Å². The van der Waals surface area contributed by atoms with Gasteiger partial charge in [-0.2, -0.15) is 17.0 Å². The highest BCUT2D eigenvalue weighted by Crippen LogP contribution is 2.19. The van der Waals surface area contributed by atoms with Crippen LogP contribution in [0.4, 0.5) is 0 Å². The van der Waals surface area contributed by atoms with E-state index in [1.54, 1.807) is 19.2 Å². The lowest BCUT2D eigenvalue weighted by atomic mass is 10.2. The lowest BCUT2D eigenvalue weighted by Crippen LogP contribution is -2.52. The van der Waals surface area contributed by atoms with Crippen LogP contribution >= 0.6 is 11.6 Å². The SMILES string of the molecule is CC1CN(S(=O)(=O)N(C)Cc2ccc(Cl)cc2)CC(C)O1. The molecule has 0 amide bonds. The van der Waals surface area contributed by atoms with Gasteiger partial charge >= 0.3 is 0 Å². The Morgan fingerprint density at radius 3 is 2.29 bits per heavy atom. The van der Waals surface area contributed by atoms with E-state index in [2.05, 4.69) is 0 Å². The van der Waals surface area contributed by atoms with Crippen molar-refractivity contribution in [3.05, 3.63) is 34.9 Å². The van der Waals surface area contributed by atoms with Crippen molar-refractivity contribution < 1.29 is 13.2 Å². The Bertz CT molecular complexity index is 566. The van der Waals surface area contributed by atoms with Gasteiger partial charge in [-0.3, -0.25) is 0 Å². The third-order valence-corrected chi connectivity index (χ3v) is 5.54. The zero-order chi connectivity index (χ0) is 15.6. The fourth-order valence-electron chi connectivity index (χ4n) is 2.44. The van der Waals surface area contributed by atoms with E-state index in [-0.39, 0.29) is 12.2 Å². The van der Waals surface area contributed by atoms with Crippen LogP contribution in [0.25, 0.3) is 0 Å². The normalized spacial score (nSPS) is 24.4. The molecule has 0 radical (unpaired) electrons. The molecule has 0 aromatic heterocycles. The van der Waals surface area contributed by atoms with E-state index < -0.39 is 10.2 Å². The van der Waals surface area contributed by atoms with Gasteiger partial charge in [-0.1, -0.05) is 23.7 Å². The zero-order valence-electron chi connectivity index (χ0n) is 12.5. The lowest BCUT2D eigenvalue weighted by molar-refractivity contribution is -0.0453. The Hall–Kier alpha value is -0.660. The summed E-state index contributed by atoms with van der Waals surface area (Å²) in [5, 5.41) is 0.639. The summed E-state index contributed by atoms with van der Waals surface area (Å²) in [7, 11) is -1.89. The van der Waals surface area contributed by atoms with Gasteiger partial charge in [0.25, 0.3) is 10.2 Å². The standard InChI is InChI=1S/C14H21ClN2O3S/c1-11-8-17(9-12(2)20-11)21(18,19)16(3)10-13-4-6-14(15)7-5-13/h4-7,11-12H,8-10H2,1-3H3. The molecule has 5 nitrogen and oxygen atoms in total. The quantitative estimate of drug-likeness (QED) is 0.848. The Kier molecular flexibility index (Phi) is 5.27. The summed E-state index contributed by atoms with van der Waals surface area (Å²) in [5.41, 5.74) is 0.903. The number of rotatable bonds is 4. The average Bonchev–Trinajstić information content (AvgIpc) is 2.40. The molecule has 1 saturated heterocycles. The molecule has 1 aromatic rings. The monoisotopic (exact) mass is 332 g/mol. The average molecular weight is 333 g/mol. The molecule has 0 N–H and O–H groups in total. The molecule has 1 aliphatic rings. The number of hydrogen-bond donors (Lipinski definition) is 0. The molecule has 7 heteroatoms. The summed E-state index contributed by atoms with van der Waals surface area (Å²) in [5.74, 6) is 0. The topological polar surface area (TPSA) is 49.9 Å². The number of morpholine rings is 1. The first-order chi connectivity index (χ1) is 9.79. The molecule has 21 heavy (non-hydrogen) atoms. The van der Waals surface area contributed by atoms with Gasteiger partial charge in [-0.05, 0) is 31.5 Å². The van der Waals surface area contributed by atoms with Crippen LogP contribution in [0.2, 0.25) is 5.02 Å². The minimum atomic E-state index is -3.48. The van der Waals surface area contributed by atoms with E-state index >= 15 is 0 Å². The van der Waals surface area contributed by atoms with Crippen molar-refractivity contribution >= 4 is 21.8 Å². The summed E-state index contributed by atoms with van der Waals surface area (Å²) in [4.78, 5) is 0. The molecule has 0 saturated carbocycles. The largest absolute Gasteiger partial charge is 0.373 e. The molecule has 118 valence electrons. The van der Waals surface area contributed by atoms with Gasteiger partial charge in [-0.15, -0.1) is 0 Å². The smallest absolute Gasteiger partial charge is 0.282 e. The second kappa shape index (κ2) is 6.62. The Morgan fingerprint density at radius 1 is 1.24 bits per heavy atom. The number of ether oxygens (including phenoxy) is 1. The second-order valence-electron chi connectivity index (χ2n) is 5.46. The lowest BCUT2D eigenvalue weighted by Gasteiger charge is -2.36. The van der Waals surface area contributed by atoms with Gasteiger partial charge in [0.2, 0.25) is 0 Å². The molecule has 1 aromatic carbocycles. The molecule has 1 fully saturated rings. The van der Waals surface area contributed by atoms with Crippen molar-refractivity contribution in [2.24, 2.45) is 0 Å². The van der Waals surface area contributed by atoms with Gasteiger partial charge in [0, 0.05) is 31.7 Å². The van der Waals surface area contributed by atoms with E-state index in [1.807, 2.05) is 26.0 Å². The highest BCUT2D eigenvalue weighted by atomic mass is 35.5. The van der Waals surface area contributed by atoms with Crippen molar-refractivity contribution in [3.63, 3.8) is 0 Å². The summed E-state index contributed by atoms with van der Waals surface area (Å²) in [6.07, 6.45) is -0.181. The first-order valence-electron chi connectivity index (χ1n) is 6.90. The molecular formula is C14H21ClN2O3S. The molecule has 1 heterocycles. The third kappa shape index (κ3) is 4.17. The van der Waals surface area contributed by atoms with Crippen molar-refractivity contribution in [2.45, 2.75) is 32.6 Å². The highest BCUT2D eigenvalue weighted by Gasteiger charge is 2.33. The van der Waals surface area contributed by atoms with Crippen LogP contribution in [0.15, 0.2) is 24.3 Å². The third-order valence-electron chi connectivity index (χ3n) is 3.42. The molecule has 2 rings (SSSR count). The van der Waals surface area contributed by atoms with E-state index in [1.165, 1.54) is 8.61 Å². The molecule has 0 bridgehead atoms. The fourth-order valence-corrected chi connectivity index (χ4v) is 4.07. The minimum absolute atomic E-state index is 0.0903. The van der Waals surface area contributed by atoms with Crippen LogP contribution in [0, 0.1) is 0 Å². The molecule has 0 spiro atoms.